The molecule has 12 atom stereocenters. The second-order valence-corrected chi connectivity index (χ2v) is 13.7. The van der Waals surface area contributed by atoms with Gasteiger partial charge in [0, 0.05) is 83.0 Å². The Morgan fingerprint density at radius 1 is 1.07 bits per heavy atom. The van der Waals surface area contributed by atoms with Crippen LogP contribution in [0.2, 0.25) is 0 Å². The van der Waals surface area contributed by atoms with Crippen LogP contribution < -0.4 is 0 Å². The number of fused-ring (bicyclic) bond motifs is 3. The van der Waals surface area contributed by atoms with Crippen LogP contribution in [0.25, 0.3) is 0 Å². The minimum atomic E-state index is -0.964. The highest BCUT2D eigenvalue weighted by Crippen LogP contribution is 2.78. The number of nitrogens with zero attached hydrogens (tertiary/aromatic N) is 1. The van der Waals surface area contributed by atoms with Gasteiger partial charge in [-0.15, -0.1) is 0 Å². The van der Waals surface area contributed by atoms with Gasteiger partial charge in [0.15, 0.2) is 0 Å². The van der Waals surface area contributed by atoms with Gasteiger partial charge < -0.3 is 28.4 Å². The van der Waals surface area contributed by atoms with Crippen molar-refractivity contribution in [3.63, 3.8) is 0 Å². The summed E-state index contributed by atoms with van der Waals surface area (Å²) in [5, 5.41) is 0. The van der Waals surface area contributed by atoms with E-state index >= 15 is 0 Å². The third-order valence-corrected chi connectivity index (χ3v) is 12.2. The first-order chi connectivity index (χ1) is 20.7. The van der Waals surface area contributed by atoms with Crippen LogP contribution in [0.3, 0.4) is 0 Å². The Balaban J connectivity index is 1.59. The summed E-state index contributed by atoms with van der Waals surface area (Å²) in [6, 6.07) is 9.17. The van der Waals surface area contributed by atoms with E-state index in [0.717, 1.165) is 32.4 Å². The van der Waals surface area contributed by atoms with E-state index in [2.05, 4.69) is 11.8 Å². The summed E-state index contributed by atoms with van der Waals surface area (Å²) in [6.45, 7) is 8.07. The van der Waals surface area contributed by atoms with Crippen LogP contribution in [0.4, 0.5) is 0 Å². The number of benzene rings is 1. The molecule has 9 nitrogen and oxygen atoms in total. The maximum atomic E-state index is 13.5. The molecule has 1 aromatic rings. The predicted molar refractivity (Wildman–Crippen MR) is 158 cm³/mol. The quantitative estimate of drug-likeness (QED) is 0.370. The lowest BCUT2D eigenvalue weighted by Crippen LogP contribution is -2.79. The Hall–Kier alpha value is -2.04. The molecule has 1 heterocycles. The van der Waals surface area contributed by atoms with Crippen molar-refractivity contribution in [1.29, 1.82) is 0 Å². The van der Waals surface area contributed by atoms with Crippen molar-refractivity contribution >= 4 is 11.9 Å². The molecule has 1 aromatic carbocycles. The monoisotopic (exact) mass is 599 g/mol. The zero-order valence-electron chi connectivity index (χ0n) is 26.7. The maximum Gasteiger partial charge on any atom is 0.338 e. The van der Waals surface area contributed by atoms with Crippen LogP contribution in [0.1, 0.15) is 56.8 Å². The van der Waals surface area contributed by atoms with Crippen LogP contribution in [0.5, 0.6) is 0 Å². The van der Waals surface area contributed by atoms with Gasteiger partial charge in [-0.3, -0.25) is 9.69 Å². The number of rotatable bonds is 10. The first kappa shape index (κ1) is 31.0. The summed E-state index contributed by atoms with van der Waals surface area (Å²) in [5.41, 5.74) is -0.959. The highest BCUT2D eigenvalue weighted by atomic mass is 16.6. The van der Waals surface area contributed by atoms with E-state index in [1.165, 1.54) is 6.92 Å². The molecule has 1 aliphatic heterocycles. The SMILES string of the molecule is CCN1C[C@]2(COC)CC[C@H](OC)[C@@]34[C@@H]5C[C@@H](OC)C[C@@](OC(C)=O)([C@H]5[C@H](C)OC(=O)c5ccccc5)[C@@H]([C@H](OC)[C@H]23)[C@@H]14. The van der Waals surface area contributed by atoms with Crippen molar-refractivity contribution in [3.05, 3.63) is 35.9 Å². The molecule has 5 aliphatic rings. The van der Waals surface area contributed by atoms with Gasteiger partial charge in [-0.1, -0.05) is 25.1 Å². The van der Waals surface area contributed by atoms with Gasteiger partial charge in [0.2, 0.25) is 0 Å². The van der Waals surface area contributed by atoms with E-state index in [1.54, 1.807) is 33.5 Å². The van der Waals surface area contributed by atoms with E-state index in [4.69, 9.17) is 28.4 Å². The Kier molecular flexibility index (Phi) is 8.20. The summed E-state index contributed by atoms with van der Waals surface area (Å²) in [5.74, 6) is -1.06. The summed E-state index contributed by atoms with van der Waals surface area (Å²) >= 11 is 0. The van der Waals surface area contributed by atoms with Crippen LogP contribution in [0.15, 0.2) is 30.3 Å². The van der Waals surface area contributed by atoms with Gasteiger partial charge in [0.25, 0.3) is 0 Å². The van der Waals surface area contributed by atoms with Crippen LogP contribution in [-0.4, -0.2) is 101 Å². The number of ether oxygens (including phenoxy) is 6. The number of piperidine rings is 1. The van der Waals surface area contributed by atoms with E-state index in [9.17, 15) is 9.59 Å². The fraction of sp³-hybridized carbons (Fsp3) is 0.765. The van der Waals surface area contributed by atoms with Crippen molar-refractivity contribution in [1.82, 2.24) is 4.90 Å². The Labute approximate surface area is 255 Å². The molecule has 0 radical (unpaired) electrons. The molecule has 1 spiro atoms. The van der Waals surface area contributed by atoms with Crippen molar-refractivity contribution < 1.29 is 38.0 Å². The average molecular weight is 600 g/mol. The lowest BCUT2D eigenvalue weighted by Gasteiger charge is -2.71. The minimum absolute atomic E-state index is 0.0219. The second kappa shape index (κ2) is 11.4. The van der Waals surface area contributed by atoms with Crippen LogP contribution in [-0.2, 0) is 33.2 Å². The minimum Gasteiger partial charge on any atom is -0.459 e. The molecule has 43 heavy (non-hydrogen) atoms. The third kappa shape index (κ3) is 4.21. The lowest BCUT2D eigenvalue weighted by molar-refractivity contribution is -0.302. The number of carbonyl (C=O) groups excluding carboxylic acids is 2. The van der Waals surface area contributed by atoms with Crippen molar-refractivity contribution in [2.45, 2.75) is 82.5 Å². The Morgan fingerprint density at radius 2 is 1.81 bits per heavy atom. The zero-order valence-corrected chi connectivity index (χ0v) is 26.7. The second-order valence-electron chi connectivity index (χ2n) is 13.7. The predicted octanol–water partition coefficient (Wildman–Crippen LogP) is 3.98. The molecule has 4 saturated carbocycles. The Bertz CT molecular complexity index is 1200. The number of hydrogen-bond donors (Lipinski definition) is 0. The number of likely N-dealkylation sites (tertiary alicyclic amines) is 1. The molecule has 0 amide bonds. The summed E-state index contributed by atoms with van der Waals surface area (Å²) in [6.07, 6.45) is 2.26. The lowest BCUT2D eigenvalue weighted by atomic mass is 9.40. The standard InChI is InChI=1S/C34H49NO8/c1-8-35-18-32(19-38-4)15-14-25(40-6)34-24-16-23(39-5)17-33(43-21(3)36,27(30(34)35)28(41-7)29(32)34)26(24)20(2)42-31(37)22-12-10-9-11-13-22/h9-13,20,23-30H,8,14-19H2,1-7H3/t20-,23+,24+,25-,26-,27-,28-,29+,30+,32-,33+,34-/m0/s1. The van der Waals surface area contributed by atoms with Gasteiger partial charge in [-0.25, -0.2) is 4.79 Å². The molecule has 1 saturated heterocycles. The molecular weight excluding hydrogens is 550 g/mol. The van der Waals surface area contributed by atoms with Crippen LogP contribution in [0, 0.1) is 34.5 Å². The molecule has 9 heteroatoms. The highest BCUT2D eigenvalue weighted by molar-refractivity contribution is 5.89. The normalized spacial score (nSPS) is 43.6. The van der Waals surface area contributed by atoms with Gasteiger partial charge in [-0.05, 0) is 50.8 Å². The van der Waals surface area contributed by atoms with Gasteiger partial charge in [-0.2, -0.15) is 0 Å². The van der Waals surface area contributed by atoms with Gasteiger partial charge in [0.1, 0.15) is 11.7 Å². The summed E-state index contributed by atoms with van der Waals surface area (Å²) in [7, 11) is 7.18. The molecule has 7 bridgehead atoms. The fourth-order valence-corrected chi connectivity index (χ4v) is 11.6. The van der Waals surface area contributed by atoms with E-state index in [-0.39, 0.29) is 70.8 Å². The first-order valence-corrected chi connectivity index (χ1v) is 16.0. The number of methoxy groups -OCH3 is 4. The van der Waals surface area contributed by atoms with Gasteiger partial charge in [0.05, 0.1) is 30.5 Å². The molecule has 0 unspecified atom stereocenters. The number of esters is 2. The largest absolute Gasteiger partial charge is 0.459 e. The first-order valence-electron chi connectivity index (χ1n) is 16.0. The topological polar surface area (TPSA) is 92.8 Å². The average Bonchev–Trinajstić information content (AvgIpc) is 3.22. The summed E-state index contributed by atoms with van der Waals surface area (Å²) < 4.78 is 38.3. The molecule has 0 aromatic heterocycles. The number of hydrogen-bond acceptors (Lipinski definition) is 9. The van der Waals surface area contributed by atoms with Crippen molar-refractivity contribution in [2.24, 2.45) is 34.5 Å². The molecule has 0 N–H and O–H groups in total. The highest BCUT2D eigenvalue weighted by Gasteiger charge is 2.86. The van der Waals surface area contributed by atoms with E-state index < -0.39 is 11.7 Å². The van der Waals surface area contributed by atoms with Crippen LogP contribution >= 0.6 is 0 Å². The van der Waals surface area contributed by atoms with E-state index in [1.807, 2.05) is 32.2 Å². The summed E-state index contributed by atoms with van der Waals surface area (Å²) in [4.78, 5) is 29.3. The fourth-order valence-electron chi connectivity index (χ4n) is 11.6. The molecular formula is C34H49NO8. The smallest absolute Gasteiger partial charge is 0.338 e. The van der Waals surface area contributed by atoms with E-state index in [0.29, 0.717) is 18.6 Å². The molecule has 6 rings (SSSR count). The van der Waals surface area contributed by atoms with Crippen molar-refractivity contribution in [2.75, 3.05) is 48.1 Å². The molecule has 238 valence electrons. The van der Waals surface area contributed by atoms with Gasteiger partial charge >= 0.3 is 11.9 Å². The maximum absolute atomic E-state index is 13.5. The number of carbonyl (C=O) groups is 2. The molecule has 5 fully saturated rings. The van der Waals surface area contributed by atoms with Crippen molar-refractivity contribution in [3.8, 4) is 0 Å². The zero-order chi connectivity index (χ0) is 30.7. The third-order valence-electron chi connectivity index (χ3n) is 12.2. The Morgan fingerprint density at radius 3 is 2.42 bits per heavy atom. The molecule has 4 aliphatic carbocycles.